The van der Waals surface area contributed by atoms with Crippen molar-refractivity contribution in [1.82, 2.24) is 4.90 Å². The summed E-state index contributed by atoms with van der Waals surface area (Å²) in [5.41, 5.74) is 3.66. The Hall–Kier alpha value is -3.40. The van der Waals surface area contributed by atoms with Gasteiger partial charge in [-0.3, -0.25) is 9.59 Å². The van der Waals surface area contributed by atoms with Crippen molar-refractivity contribution in [2.24, 2.45) is 0 Å². The standard InChI is InChI=1S/C25H26N2O2/c1-27(2)23(28)17-16-19-10-9-15-22(18-19)26-25(29)24(20-11-5-3-6-12-20)21-13-7-4-8-14-21/h3-15,18,24H,16-17H2,1-2H3,(H,26,29). The fourth-order valence-corrected chi connectivity index (χ4v) is 3.28. The molecule has 0 bridgehead atoms. The van der Waals surface area contributed by atoms with Crippen LogP contribution in [0.5, 0.6) is 0 Å². The molecule has 0 heterocycles. The number of rotatable bonds is 7. The number of carbonyl (C=O) groups is 2. The van der Waals surface area contributed by atoms with E-state index >= 15 is 0 Å². The second kappa shape index (κ2) is 9.69. The normalized spacial score (nSPS) is 10.6. The first-order valence-corrected chi connectivity index (χ1v) is 9.74. The summed E-state index contributed by atoms with van der Waals surface area (Å²) in [5, 5.41) is 3.06. The Bertz CT molecular complexity index is 913. The van der Waals surface area contributed by atoms with Crippen molar-refractivity contribution in [3.63, 3.8) is 0 Å². The highest BCUT2D eigenvalue weighted by Gasteiger charge is 2.22. The predicted molar refractivity (Wildman–Crippen MR) is 117 cm³/mol. The molecule has 1 N–H and O–H groups in total. The molecule has 0 aliphatic carbocycles. The second-order valence-electron chi connectivity index (χ2n) is 7.23. The first-order valence-electron chi connectivity index (χ1n) is 9.74. The van der Waals surface area contributed by atoms with E-state index in [1.54, 1.807) is 19.0 Å². The lowest BCUT2D eigenvalue weighted by molar-refractivity contribution is -0.128. The third-order valence-electron chi connectivity index (χ3n) is 4.85. The van der Waals surface area contributed by atoms with Crippen molar-refractivity contribution in [2.75, 3.05) is 19.4 Å². The third kappa shape index (κ3) is 5.55. The van der Waals surface area contributed by atoms with Gasteiger partial charge in [-0.1, -0.05) is 72.8 Å². The first-order chi connectivity index (χ1) is 14.0. The molecule has 0 aliphatic rings. The number of carbonyl (C=O) groups excluding carboxylic acids is 2. The molecule has 2 amide bonds. The maximum absolute atomic E-state index is 13.2. The Morgan fingerprint density at radius 3 is 1.97 bits per heavy atom. The zero-order valence-corrected chi connectivity index (χ0v) is 16.8. The van der Waals surface area contributed by atoms with Gasteiger partial charge >= 0.3 is 0 Å². The molecule has 29 heavy (non-hydrogen) atoms. The molecule has 0 aliphatic heterocycles. The van der Waals surface area contributed by atoms with E-state index in [-0.39, 0.29) is 11.8 Å². The van der Waals surface area contributed by atoms with Crippen molar-refractivity contribution in [3.05, 3.63) is 102 Å². The van der Waals surface area contributed by atoms with Crippen molar-refractivity contribution in [1.29, 1.82) is 0 Å². The van der Waals surface area contributed by atoms with Gasteiger partial charge in [0.05, 0.1) is 5.92 Å². The van der Waals surface area contributed by atoms with Crippen LogP contribution in [0.3, 0.4) is 0 Å². The molecule has 148 valence electrons. The van der Waals surface area contributed by atoms with Gasteiger partial charge in [-0.2, -0.15) is 0 Å². The number of aryl methyl sites for hydroxylation is 1. The van der Waals surface area contributed by atoms with Crippen LogP contribution in [0.2, 0.25) is 0 Å². The molecular weight excluding hydrogens is 360 g/mol. The lowest BCUT2D eigenvalue weighted by Crippen LogP contribution is -2.22. The zero-order valence-electron chi connectivity index (χ0n) is 16.8. The topological polar surface area (TPSA) is 49.4 Å². The predicted octanol–water partition coefficient (Wildman–Crippen LogP) is 4.48. The van der Waals surface area contributed by atoms with E-state index in [1.165, 1.54) is 0 Å². The first kappa shape index (κ1) is 20.3. The number of hydrogen-bond donors (Lipinski definition) is 1. The van der Waals surface area contributed by atoms with Crippen molar-refractivity contribution in [3.8, 4) is 0 Å². The fourth-order valence-electron chi connectivity index (χ4n) is 3.28. The number of hydrogen-bond acceptors (Lipinski definition) is 2. The summed E-state index contributed by atoms with van der Waals surface area (Å²) < 4.78 is 0. The summed E-state index contributed by atoms with van der Waals surface area (Å²) in [6.45, 7) is 0. The molecule has 3 aromatic carbocycles. The van der Waals surface area contributed by atoms with Crippen LogP contribution in [0, 0.1) is 0 Å². The van der Waals surface area contributed by atoms with Crippen LogP contribution in [0.1, 0.15) is 29.0 Å². The van der Waals surface area contributed by atoms with E-state index in [2.05, 4.69) is 5.32 Å². The van der Waals surface area contributed by atoms with Crippen LogP contribution < -0.4 is 5.32 Å². The van der Waals surface area contributed by atoms with E-state index < -0.39 is 5.92 Å². The minimum Gasteiger partial charge on any atom is -0.349 e. The highest BCUT2D eigenvalue weighted by Crippen LogP contribution is 2.26. The fraction of sp³-hybridized carbons (Fsp3) is 0.200. The van der Waals surface area contributed by atoms with Crippen LogP contribution >= 0.6 is 0 Å². The molecular formula is C25H26N2O2. The van der Waals surface area contributed by atoms with Gasteiger partial charge in [0.25, 0.3) is 0 Å². The molecule has 0 saturated heterocycles. The molecule has 4 heteroatoms. The van der Waals surface area contributed by atoms with Crippen LogP contribution in [0.25, 0.3) is 0 Å². The summed E-state index contributed by atoms with van der Waals surface area (Å²) in [7, 11) is 3.51. The average Bonchev–Trinajstić information content (AvgIpc) is 2.74. The minimum atomic E-state index is -0.392. The number of amides is 2. The summed E-state index contributed by atoms with van der Waals surface area (Å²) in [6, 6.07) is 27.3. The molecule has 4 nitrogen and oxygen atoms in total. The third-order valence-corrected chi connectivity index (χ3v) is 4.85. The highest BCUT2D eigenvalue weighted by atomic mass is 16.2. The molecule has 0 unspecified atom stereocenters. The van der Waals surface area contributed by atoms with E-state index in [0.717, 1.165) is 22.4 Å². The summed E-state index contributed by atoms with van der Waals surface area (Å²) in [5.74, 6) is -0.382. The molecule has 0 atom stereocenters. The summed E-state index contributed by atoms with van der Waals surface area (Å²) in [4.78, 5) is 26.6. The van der Waals surface area contributed by atoms with Gasteiger partial charge < -0.3 is 10.2 Å². The Balaban J connectivity index is 1.78. The molecule has 0 radical (unpaired) electrons. The van der Waals surface area contributed by atoms with E-state index in [4.69, 9.17) is 0 Å². The van der Waals surface area contributed by atoms with Crippen molar-refractivity contribution in [2.45, 2.75) is 18.8 Å². The maximum Gasteiger partial charge on any atom is 0.236 e. The van der Waals surface area contributed by atoms with Gasteiger partial charge in [-0.05, 0) is 35.2 Å². The van der Waals surface area contributed by atoms with Crippen LogP contribution in [-0.2, 0) is 16.0 Å². The zero-order chi connectivity index (χ0) is 20.6. The Morgan fingerprint density at radius 1 is 0.828 bits per heavy atom. The molecule has 0 aromatic heterocycles. The van der Waals surface area contributed by atoms with Crippen molar-refractivity contribution < 1.29 is 9.59 Å². The summed E-state index contributed by atoms with van der Waals surface area (Å²) in [6.07, 6.45) is 1.09. The van der Waals surface area contributed by atoms with Gasteiger partial charge in [-0.25, -0.2) is 0 Å². The van der Waals surface area contributed by atoms with Crippen molar-refractivity contribution >= 4 is 17.5 Å². The van der Waals surface area contributed by atoms with E-state index in [9.17, 15) is 9.59 Å². The second-order valence-corrected chi connectivity index (χ2v) is 7.23. The molecule has 0 fully saturated rings. The Kier molecular flexibility index (Phi) is 6.80. The Labute approximate surface area is 172 Å². The van der Waals surface area contributed by atoms with Gasteiger partial charge in [-0.15, -0.1) is 0 Å². The molecule has 0 spiro atoms. The van der Waals surface area contributed by atoms with Gasteiger partial charge in [0.15, 0.2) is 0 Å². The van der Waals surface area contributed by atoms with E-state index in [0.29, 0.717) is 12.8 Å². The smallest absolute Gasteiger partial charge is 0.236 e. The molecule has 3 rings (SSSR count). The number of nitrogens with zero attached hydrogens (tertiary/aromatic N) is 1. The lowest BCUT2D eigenvalue weighted by Gasteiger charge is -2.18. The van der Waals surface area contributed by atoms with Gasteiger partial charge in [0, 0.05) is 26.2 Å². The number of benzene rings is 3. The van der Waals surface area contributed by atoms with Gasteiger partial charge in [0.1, 0.15) is 0 Å². The largest absolute Gasteiger partial charge is 0.349 e. The number of anilines is 1. The minimum absolute atomic E-state index is 0.0797. The monoisotopic (exact) mass is 386 g/mol. The Morgan fingerprint density at radius 2 is 1.41 bits per heavy atom. The SMILES string of the molecule is CN(C)C(=O)CCc1cccc(NC(=O)C(c2ccccc2)c2ccccc2)c1. The number of nitrogens with one attached hydrogen (secondary N) is 1. The summed E-state index contributed by atoms with van der Waals surface area (Å²) >= 11 is 0. The lowest BCUT2D eigenvalue weighted by atomic mass is 9.90. The molecule has 3 aromatic rings. The van der Waals surface area contributed by atoms with Crippen LogP contribution in [0.15, 0.2) is 84.9 Å². The van der Waals surface area contributed by atoms with Crippen LogP contribution in [0.4, 0.5) is 5.69 Å². The maximum atomic E-state index is 13.2. The van der Waals surface area contributed by atoms with E-state index in [1.807, 2.05) is 84.9 Å². The quantitative estimate of drug-likeness (QED) is 0.651. The van der Waals surface area contributed by atoms with Gasteiger partial charge in [0.2, 0.25) is 11.8 Å². The average molecular weight is 386 g/mol. The highest BCUT2D eigenvalue weighted by molar-refractivity contribution is 5.98. The van der Waals surface area contributed by atoms with Crippen LogP contribution in [-0.4, -0.2) is 30.8 Å². The molecule has 0 saturated carbocycles.